The molecule has 0 aliphatic carbocycles. The second kappa shape index (κ2) is 4.88. The molecule has 0 aliphatic rings. The van der Waals surface area contributed by atoms with Gasteiger partial charge in [-0.05, 0) is 28.5 Å². The second-order valence-electron chi connectivity index (χ2n) is 3.84. The van der Waals surface area contributed by atoms with E-state index in [9.17, 15) is 4.79 Å². The highest BCUT2D eigenvalue weighted by atomic mass is 32.1. The summed E-state index contributed by atoms with van der Waals surface area (Å²) in [5.74, 6) is 0.116. The van der Waals surface area contributed by atoms with Gasteiger partial charge < -0.3 is 0 Å². The van der Waals surface area contributed by atoms with E-state index in [1.807, 2.05) is 59.3 Å². The third kappa shape index (κ3) is 2.03. The lowest BCUT2D eigenvalue weighted by atomic mass is 10.1. The Morgan fingerprint density at radius 1 is 0.833 bits per heavy atom. The van der Waals surface area contributed by atoms with Gasteiger partial charge >= 0.3 is 0 Å². The molecule has 3 aromatic rings. The van der Waals surface area contributed by atoms with Crippen molar-refractivity contribution >= 4 is 28.5 Å². The van der Waals surface area contributed by atoms with Gasteiger partial charge in [0.2, 0.25) is 5.78 Å². The van der Waals surface area contributed by atoms with Crippen LogP contribution in [0.5, 0.6) is 0 Å². The highest BCUT2D eigenvalue weighted by Gasteiger charge is 2.16. The van der Waals surface area contributed by atoms with Crippen LogP contribution in [0.3, 0.4) is 0 Å². The maximum absolute atomic E-state index is 12.4. The van der Waals surface area contributed by atoms with E-state index in [0.29, 0.717) is 0 Å². The van der Waals surface area contributed by atoms with Crippen LogP contribution in [0.1, 0.15) is 15.2 Å². The lowest BCUT2D eigenvalue weighted by Gasteiger charge is -2.01. The fourth-order valence-electron chi connectivity index (χ4n) is 1.84. The fourth-order valence-corrected chi connectivity index (χ4v) is 3.42. The van der Waals surface area contributed by atoms with Gasteiger partial charge in [0.15, 0.2) is 0 Å². The van der Waals surface area contributed by atoms with Crippen LogP contribution in [-0.2, 0) is 0 Å². The number of hydrogen-bond donors (Lipinski definition) is 0. The third-order valence-electron chi connectivity index (χ3n) is 2.69. The van der Waals surface area contributed by atoms with E-state index in [4.69, 9.17) is 0 Å². The molecule has 0 bridgehead atoms. The SMILES string of the molecule is O=C(c1cccs1)c1ccsc1-c1ccccc1. The predicted octanol–water partition coefficient (Wildman–Crippen LogP) is 4.71. The minimum atomic E-state index is 0.116. The van der Waals surface area contributed by atoms with E-state index in [2.05, 4.69) is 0 Å². The molecular weight excluding hydrogens is 260 g/mol. The Balaban J connectivity index is 2.05. The van der Waals surface area contributed by atoms with Crippen LogP contribution < -0.4 is 0 Å². The standard InChI is InChI=1S/C15H10OS2/c16-14(13-7-4-9-17-13)12-8-10-18-15(12)11-5-2-1-3-6-11/h1-10H. The van der Waals surface area contributed by atoms with Gasteiger partial charge in [-0.25, -0.2) is 0 Å². The minimum absolute atomic E-state index is 0.116. The highest BCUT2D eigenvalue weighted by molar-refractivity contribution is 7.14. The van der Waals surface area contributed by atoms with Gasteiger partial charge in [-0.3, -0.25) is 4.79 Å². The number of rotatable bonds is 3. The molecule has 0 aliphatic heterocycles. The Hall–Kier alpha value is -1.71. The molecule has 0 fully saturated rings. The zero-order valence-corrected chi connectivity index (χ0v) is 11.1. The molecule has 0 saturated carbocycles. The van der Waals surface area contributed by atoms with E-state index in [-0.39, 0.29) is 5.78 Å². The molecule has 0 unspecified atom stereocenters. The Morgan fingerprint density at radius 2 is 1.67 bits per heavy atom. The Bertz CT molecular complexity index is 651. The van der Waals surface area contributed by atoms with Crippen LogP contribution in [0, 0.1) is 0 Å². The van der Waals surface area contributed by atoms with Crippen molar-refractivity contribution in [3.05, 3.63) is 69.7 Å². The van der Waals surface area contributed by atoms with Gasteiger partial charge in [0.25, 0.3) is 0 Å². The predicted molar refractivity (Wildman–Crippen MR) is 77.5 cm³/mol. The highest BCUT2D eigenvalue weighted by Crippen LogP contribution is 2.31. The van der Waals surface area contributed by atoms with Crippen molar-refractivity contribution in [2.75, 3.05) is 0 Å². The van der Waals surface area contributed by atoms with Crippen LogP contribution in [0.2, 0.25) is 0 Å². The van der Waals surface area contributed by atoms with Crippen LogP contribution in [0.4, 0.5) is 0 Å². The number of ketones is 1. The molecule has 0 radical (unpaired) electrons. The first-order valence-corrected chi connectivity index (χ1v) is 7.33. The first kappa shape index (κ1) is 11.4. The fraction of sp³-hybridized carbons (Fsp3) is 0. The first-order valence-electron chi connectivity index (χ1n) is 5.57. The van der Waals surface area contributed by atoms with Gasteiger partial charge in [0.05, 0.1) is 4.88 Å². The van der Waals surface area contributed by atoms with Crippen molar-refractivity contribution in [2.45, 2.75) is 0 Å². The molecule has 0 saturated heterocycles. The van der Waals surface area contributed by atoms with Gasteiger partial charge in [0, 0.05) is 10.4 Å². The van der Waals surface area contributed by atoms with Crippen LogP contribution in [0.15, 0.2) is 59.3 Å². The first-order chi connectivity index (χ1) is 8.86. The average molecular weight is 270 g/mol. The Morgan fingerprint density at radius 3 is 2.39 bits per heavy atom. The number of thiophene rings is 2. The molecule has 2 heterocycles. The zero-order valence-electron chi connectivity index (χ0n) is 9.50. The summed E-state index contributed by atoms with van der Waals surface area (Å²) in [4.78, 5) is 14.2. The van der Waals surface area contributed by atoms with Crippen LogP contribution in [-0.4, -0.2) is 5.78 Å². The summed E-state index contributed by atoms with van der Waals surface area (Å²) in [6.07, 6.45) is 0. The molecule has 0 atom stereocenters. The number of hydrogen-bond acceptors (Lipinski definition) is 3. The van der Waals surface area contributed by atoms with Crippen molar-refractivity contribution in [3.8, 4) is 10.4 Å². The van der Waals surface area contributed by atoms with E-state index in [1.165, 1.54) is 11.3 Å². The molecule has 0 spiro atoms. The Kier molecular flexibility index (Phi) is 3.09. The summed E-state index contributed by atoms with van der Waals surface area (Å²) in [6.45, 7) is 0. The second-order valence-corrected chi connectivity index (χ2v) is 5.70. The summed E-state index contributed by atoms with van der Waals surface area (Å²) in [5.41, 5.74) is 1.90. The van der Waals surface area contributed by atoms with Crippen molar-refractivity contribution in [2.24, 2.45) is 0 Å². The molecular formula is C15H10OS2. The topological polar surface area (TPSA) is 17.1 Å². The molecule has 18 heavy (non-hydrogen) atoms. The summed E-state index contributed by atoms with van der Waals surface area (Å²) >= 11 is 3.10. The number of benzene rings is 1. The van der Waals surface area contributed by atoms with E-state index in [1.54, 1.807) is 11.3 Å². The average Bonchev–Trinajstić information content (AvgIpc) is 3.10. The number of carbonyl (C=O) groups excluding carboxylic acids is 1. The summed E-state index contributed by atoms with van der Waals surface area (Å²) < 4.78 is 0. The zero-order chi connectivity index (χ0) is 12.4. The van der Waals surface area contributed by atoms with Crippen LogP contribution >= 0.6 is 22.7 Å². The van der Waals surface area contributed by atoms with E-state index < -0.39 is 0 Å². The summed E-state index contributed by atoms with van der Waals surface area (Å²) in [7, 11) is 0. The molecule has 1 nitrogen and oxygen atoms in total. The normalized spacial score (nSPS) is 10.4. The summed E-state index contributed by atoms with van der Waals surface area (Å²) in [6, 6.07) is 15.7. The Labute approximate surface area is 113 Å². The third-order valence-corrected chi connectivity index (χ3v) is 4.52. The van der Waals surface area contributed by atoms with Gasteiger partial charge in [-0.2, -0.15) is 0 Å². The minimum Gasteiger partial charge on any atom is -0.288 e. The molecule has 0 N–H and O–H groups in total. The maximum atomic E-state index is 12.4. The largest absolute Gasteiger partial charge is 0.288 e. The lowest BCUT2D eigenvalue weighted by molar-refractivity contribution is 0.104. The molecule has 88 valence electrons. The van der Waals surface area contributed by atoms with Gasteiger partial charge in [-0.1, -0.05) is 36.4 Å². The van der Waals surface area contributed by atoms with Gasteiger partial charge in [0.1, 0.15) is 0 Å². The molecule has 2 aromatic heterocycles. The van der Waals surface area contributed by atoms with Crippen molar-refractivity contribution in [1.29, 1.82) is 0 Å². The smallest absolute Gasteiger partial charge is 0.204 e. The molecule has 1 aromatic carbocycles. The maximum Gasteiger partial charge on any atom is 0.204 e. The molecule has 0 amide bonds. The van der Waals surface area contributed by atoms with Crippen molar-refractivity contribution in [3.63, 3.8) is 0 Å². The summed E-state index contributed by atoms with van der Waals surface area (Å²) in [5, 5.41) is 3.91. The number of carbonyl (C=O) groups is 1. The van der Waals surface area contributed by atoms with Gasteiger partial charge in [-0.15, -0.1) is 22.7 Å². The van der Waals surface area contributed by atoms with E-state index >= 15 is 0 Å². The molecule has 3 heteroatoms. The monoisotopic (exact) mass is 270 g/mol. The quantitative estimate of drug-likeness (QED) is 0.630. The lowest BCUT2D eigenvalue weighted by Crippen LogP contribution is -1.98. The van der Waals surface area contributed by atoms with E-state index in [0.717, 1.165) is 20.9 Å². The van der Waals surface area contributed by atoms with Crippen molar-refractivity contribution < 1.29 is 4.79 Å². The van der Waals surface area contributed by atoms with Crippen LogP contribution in [0.25, 0.3) is 10.4 Å². The molecule has 3 rings (SSSR count). The van der Waals surface area contributed by atoms with Crippen molar-refractivity contribution in [1.82, 2.24) is 0 Å².